The number of thiophene rings is 1. The van der Waals surface area contributed by atoms with Gasteiger partial charge in [0.15, 0.2) is 0 Å². The highest BCUT2D eigenvalue weighted by atomic mass is 32.1. The van der Waals surface area contributed by atoms with Gasteiger partial charge >= 0.3 is 6.03 Å². The van der Waals surface area contributed by atoms with Crippen molar-refractivity contribution in [2.45, 2.75) is 31.4 Å². The van der Waals surface area contributed by atoms with Crippen molar-refractivity contribution >= 4 is 17.4 Å². The van der Waals surface area contributed by atoms with Gasteiger partial charge in [0.05, 0.1) is 19.7 Å². The quantitative estimate of drug-likeness (QED) is 0.779. The van der Waals surface area contributed by atoms with Gasteiger partial charge in [-0.1, -0.05) is 12.1 Å². The molecule has 3 N–H and O–H groups in total. The van der Waals surface area contributed by atoms with Crippen LogP contribution in [-0.2, 0) is 12.0 Å². The zero-order valence-electron chi connectivity index (χ0n) is 13.8. The SMILES string of the molecule is COc1cccc2c1CCC2NC(=O)NCC(C)(O)c1ccsc1. The average Bonchev–Trinajstić information content (AvgIpc) is 3.23. The number of hydrogen-bond donors (Lipinski definition) is 3. The van der Waals surface area contributed by atoms with Crippen molar-refractivity contribution in [3.63, 3.8) is 0 Å². The minimum atomic E-state index is -1.08. The number of ether oxygens (including phenoxy) is 1. The number of rotatable bonds is 5. The maximum absolute atomic E-state index is 12.2. The van der Waals surface area contributed by atoms with Crippen molar-refractivity contribution in [3.8, 4) is 5.75 Å². The van der Waals surface area contributed by atoms with Gasteiger partial charge in [-0.05, 0) is 59.3 Å². The first-order valence-corrected chi connectivity index (χ1v) is 8.91. The number of carbonyl (C=O) groups is 1. The summed E-state index contributed by atoms with van der Waals surface area (Å²) in [6, 6.07) is 7.48. The Morgan fingerprint density at radius 3 is 3.00 bits per heavy atom. The second-order valence-corrected chi connectivity index (χ2v) is 7.01. The maximum Gasteiger partial charge on any atom is 0.315 e. The fraction of sp³-hybridized carbons (Fsp3) is 0.389. The first-order chi connectivity index (χ1) is 11.5. The molecule has 2 aromatic rings. The maximum atomic E-state index is 12.2. The molecule has 3 rings (SSSR count). The molecule has 1 aromatic carbocycles. The monoisotopic (exact) mass is 346 g/mol. The first kappa shape index (κ1) is 16.8. The molecule has 0 saturated carbocycles. The molecule has 2 amide bonds. The van der Waals surface area contributed by atoms with Gasteiger partial charge in [-0.25, -0.2) is 4.79 Å². The van der Waals surface area contributed by atoms with E-state index in [0.29, 0.717) is 0 Å². The summed E-state index contributed by atoms with van der Waals surface area (Å²) in [5, 5.41) is 20.0. The minimum Gasteiger partial charge on any atom is -0.496 e. The van der Waals surface area contributed by atoms with Gasteiger partial charge in [0.25, 0.3) is 0 Å². The number of aliphatic hydroxyl groups is 1. The summed E-state index contributed by atoms with van der Waals surface area (Å²) in [5.74, 6) is 0.873. The molecule has 0 bridgehead atoms. The lowest BCUT2D eigenvalue weighted by molar-refractivity contribution is 0.0597. The highest BCUT2D eigenvalue weighted by Gasteiger charge is 2.28. The summed E-state index contributed by atoms with van der Waals surface area (Å²) in [5.41, 5.74) is 2.00. The molecule has 0 spiro atoms. The van der Waals surface area contributed by atoms with Crippen LogP contribution >= 0.6 is 11.3 Å². The number of fused-ring (bicyclic) bond motifs is 1. The molecular weight excluding hydrogens is 324 g/mol. The van der Waals surface area contributed by atoms with E-state index in [1.165, 1.54) is 11.3 Å². The molecule has 1 aliphatic rings. The van der Waals surface area contributed by atoms with Crippen LogP contribution in [0.15, 0.2) is 35.0 Å². The van der Waals surface area contributed by atoms with Crippen molar-refractivity contribution in [2.75, 3.05) is 13.7 Å². The van der Waals surface area contributed by atoms with Crippen molar-refractivity contribution < 1.29 is 14.6 Å². The lowest BCUT2D eigenvalue weighted by Gasteiger charge is -2.24. The zero-order valence-corrected chi connectivity index (χ0v) is 14.7. The normalized spacial score (nSPS) is 18.5. The van der Waals surface area contributed by atoms with Crippen LogP contribution in [0.25, 0.3) is 0 Å². The largest absolute Gasteiger partial charge is 0.496 e. The lowest BCUT2D eigenvalue weighted by Crippen LogP contribution is -2.44. The van der Waals surface area contributed by atoms with E-state index in [-0.39, 0.29) is 18.6 Å². The Morgan fingerprint density at radius 1 is 1.46 bits per heavy atom. The Morgan fingerprint density at radius 2 is 2.29 bits per heavy atom. The Balaban J connectivity index is 1.59. The van der Waals surface area contributed by atoms with E-state index in [4.69, 9.17) is 4.74 Å². The third kappa shape index (κ3) is 3.39. The molecule has 2 unspecified atom stereocenters. The highest BCUT2D eigenvalue weighted by molar-refractivity contribution is 7.08. The number of urea groups is 1. The van der Waals surface area contributed by atoms with Crippen LogP contribution in [0, 0.1) is 0 Å². The predicted molar refractivity (Wildman–Crippen MR) is 94.5 cm³/mol. The first-order valence-electron chi connectivity index (χ1n) is 7.96. The summed E-state index contributed by atoms with van der Waals surface area (Å²) < 4.78 is 5.38. The van der Waals surface area contributed by atoms with Crippen LogP contribution in [0.4, 0.5) is 4.79 Å². The van der Waals surface area contributed by atoms with Crippen LogP contribution in [-0.4, -0.2) is 24.8 Å². The van der Waals surface area contributed by atoms with Crippen LogP contribution in [0.1, 0.15) is 36.1 Å². The molecule has 2 atom stereocenters. The molecule has 1 aliphatic carbocycles. The summed E-state index contributed by atoms with van der Waals surface area (Å²) in [6.07, 6.45) is 1.74. The topological polar surface area (TPSA) is 70.6 Å². The molecule has 1 aromatic heterocycles. The standard InChI is InChI=1S/C18H22N2O3S/c1-18(22,12-8-9-24-10-12)11-19-17(21)20-15-7-6-14-13(15)4-3-5-16(14)23-2/h3-5,8-10,15,22H,6-7,11H2,1-2H3,(H2,19,20,21). The second-order valence-electron chi connectivity index (χ2n) is 6.23. The zero-order chi connectivity index (χ0) is 17.2. The Kier molecular flexibility index (Phi) is 4.78. The van der Waals surface area contributed by atoms with E-state index in [0.717, 1.165) is 35.3 Å². The van der Waals surface area contributed by atoms with Gasteiger partial charge in [0, 0.05) is 0 Å². The van der Waals surface area contributed by atoms with Gasteiger partial charge in [0.1, 0.15) is 11.4 Å². The molecule has 0 fully saturated rings. The number of nitrogens with one attached hydrogen (secondary N) is 2. The van der Waals surface area contributed by atoms with Crippen LogP contribution in [0.5, 0.6) is 5.75 Å². The number of benzene rings is 1. The molecule has 128 valence electrons. The van der Waals surface area contributed by atoms with Crippen molar-refractivity contribution in [1.29, 1.82) is 0 Å². The fourth-order valence-corrected chi connectivity index (χ4v) is 3.88. The van der Waals surface area contributed by atoms with Gasteiger partial charge in [-0.3, -0.25) is 0 Å². The lowest BCUT2D eigenvalue weighted by atomic mass is 9.99. The Hall–Kier alpha value is -2.05. The predicted octanol–water partition coefficient (Wildman–Crippen LogP) is 2.95. The van der Waals surface area contributed by atoms with Gasteiger partial charge in [-0.15, -0.1) is 0 Å². The average molecular weight is 346 g/mol. The number of methoxy groups -OCH3 is 1. The van der Waals surface area contributed by atoms with E-state index < -0.39 is 5.60 Å². The van der Waals surface area contributed by atoms with Crippen molar-refractivity contribution in [1.82, 2.24) is 10.6 Å². The van der Waals surface area contributed by atoms with E-state index in [1.54, 1.807) is 14.0 Å². The molecule has 24 heavy (non-hydrogen) atoms. The number of hydrogen-bond acceptors (Lipinski definition) is 4. The molecule has 1 heterocycles. The van der Waals surface area contributed by atoms with Crippen LogP contribution in [0.2, 0.25) is 0 Å². The fourth-order valence-electron chi connectivity index (χ4n) is 3.10. The van der Waals surface area contributed by atoms with E-state index >= 15 is 0 Å². The third-order valence-electron chi connectivity index (χ3n) is 4.49. The Bertz CT molecular complexity index is 713. The third-order valence-corrected chi connectivity index (χ3v) is 5.17. The molecule has 0 aliphatic heterocycles. The van der Waals surface area contributed by atoms with Gasteiger partial charge in [0.2, 0.25) is 0 Å². The smallest absolute Gasteiger partial charge is 0.315 e. The second kappa shape index (κ2) is 6.83. The van der Waals surface area contributed by atoms with Gasteiger partial charge in [-0.2, -0.15) is 11.3 Å². The summed E-state index contributed by atoms with van der Waals surface area (Å²) >= 11 is 1.52. The van der Waals surface area contributed by atoms with E-state index in [1.807, 2.05) is 35.0 Å². The molecule has 5 nitrogen and oxygen atoms in total. The number of amides is 2. The van der Waals surface area contributed by atoms with Crippen molar-refractivity contribution in [3.05, 3.63) is 51.7 Å². The van der Waals surface area contributed by atoms with Crippen molar-refractivity contribution in [2.24, 2.45) is 0 Å². The van der Waals surface area contributed by atoms with Crippen LogP contribution < -0.4 is 15.4 Å². The Labute approximate surface area is 145 Å². The molecule has 6 heteroatoms. The van der Waals surface area contributed by atoms with Gasteiger partial charge < -0.3 is 20.5 Å². The van der Waals surface area contributed by atoms with E-state index in [2.05, 4.69) is 10.6 Å². The van der Waals surface area contributed by atoms with E-state index in [9.17, 15) is 9.90 Å². The molecular formula is C18H22N2O3S. The number of carbonyl (C=O) groups excluding carboxylic acids is 1. The molecule has 0 radical (unpaired) electrons. The highest BCUT2D eigenvalue weighted by Crippen LogP contribution is 2.36. The minimum absolute atomic E-state index is 0.0267. The molecule has 0 saturated heterocycles. The van der Waals surface area contributed by atoms with Crippen LogP contribution in [0.3, 0.4) is 0 Å². The summed E-state index contributed by atoms with van der Waals surface area (Å²) in [4.78, 5) is 12.2. The summed E-state index contributed by atoms with van der Waals surface area (Å²) in [6.45, 7) is 1.86. The summed E-state index contributed by atoms with van der Waals surface area (Å²) in [7, 11) is 1.66.